The van der Waals surface area contributed by atoms with Gasteiger partial charge in [0.2, 0.25) is 0 Å². The molecule has 3 nitrogen and oxygen atoms in total. The van der Waals surface area contributed by atoms with Gasteiger partial charge in [0.15, 0.2) is 0 Å². The van der Waals surface area contributed by atoms with Crippen molar-refractivity contribution in [1.29, 1.82) is 0 Å². The molecule has 54 valence electrons. The van der Waals surface area contributed by atoms with Gasteiger partial charge in [-0.2, -0.15) is 0 Å². The minimum atomic E-state index is -0.692. The topological polar surface area (TPSA) is 49.7 Å². The molecule has 0 atom stereocenters. The smallest absolute Gasteiger partial charge is 0.116 e. The van der Waals surface area contributed by atoms with Gasteiger partial charge >= 0.3 is 0 Å². The van der Waals surface area contributed by atoms with Crippen molar-refractivity contribution in [2.45, 2.75) is 19.4 Å². The molecule has 0 amide bonds. The molecular weight excluding hydrogens is 120 g/mol. The largest absolute Gasteiger partial charge is 0.392 e. The van der Waals surface area contributed by atoms with E-state index in [0.29, 0.717) is 0 Å². The van der Waals surface area contributed by atoms with Gasteiger partial charge in [0, 0.05) is 0 Å². The highest BCUT2D eigenvalue weighted by molar-refractivity contribution is 4.95. The van der Waals surface area contributed by atoms with Gasteiger partial charge in [-0.25, -0.2) is 4.89 Å². The summed E-state index contributed by atoms with van der Waals surface area (Å²) in [6.45, 7) is 3.32. The molecule has 0 saturated heterocycles. The fourth-order valence-corrected chi connectivity index (χ4v) is 0.367. The van der Waals surface area contributed by atoms with Gasteiger partial charge in [0.1, 0.15) is 5.60 Å². The van der Waals surface area contributed by atoms with E-state index in [1.165, 1.54) is 6.08 Å². The molecule has 0 aliphatic rings. The maximum atomic E-state index is 8.30. The van der Waals surface area contributed by atoms with Crippen LogP contribution in [0, 0.1) is 0 Å². The lowest BCUT2D eigenvalue weighted by atomic mass is 10.1. The molecule has 0 aromatic heterocycles. The summed E-state index contributed by atoms with van der Waals surface area (Å²) < 4.78 is 0. The number of aliphatic hydroxyl groups is 1. The molecule has 9 heavy (non-hydrogen) atoms. The fraction of sp³-hybridized carbons (Fsp3) is 0.667. The Hall–Kier alpha value is -0.380. The van der Waals surface area contributed by atoms with E-state index in [2.05, 4.69) is 4.89 Å². The van der Waals surface area contributed by atoms with Crippen LogP contribution in [0.25, 0.3) is 0 Å². The van der Waals surface area contributed by atoms with Gasteiger partial charge in [-0.15, -0.1) is 0 Å². The third-order valence-corrected chi connectivity index (χ3v) is 0.860. The van der Waals surface area contributed by atoms with Crippen molar-refractivity contribution in [3.8, 4) is 0 Å². The fourth-order valence-electron chi connectivity index (χ4n) is 0.367. The second-order valence-electron chi connectivity index (χ2n) is 2.28. The zero-order valence-electron chi connectivity index (χ0n) is 5.66. The van der Waals surface area contributed by atoms with Crippen molar-refractivity contribution in [3.05, 3.63) is 12.2 Å². The Bertz CT molecular complexity index is 96.5. The maximum Gasteiger partial charge on any atom is 0.116 e. The second-order valence-corrected chi connectivity index (χ2v) is 2.28. The molecule has 0 aromatic carbocycles. The summed E-state index contributed by atoms with van der Waals surface area (Å²) in [4.78, 5) is 4.04. The lowest BCUT2D eigenvalue weighted by Gasteiger charge is -2.13. The van der Waals surface area contributed by atoms with E-state index in [0.717, 1.165) is 0 Å². The summed E-state index contributed by atoms with van der Waals surface area (Å²) in [6.07, 6.45) is 3.09. The predicted molar refractivity (Wildman–Crippen MR) is 34.0 cm³/mol. The first-order chi connectivity index (χ1) is 4.12. The number of rotatable bonds is 3. The minimum absolute atomic E-state index is 0.0349. The van der Waals surface area contributed by atoms with E-state index >= 15 is 0 Å². The summed E-state index contributed by atoms with van der Waals surface area (Å²) in [5.74, 6) is 0. The molecule has 0 unspecified atom stereocenters. The number of aliphatic hydroxyl groups excluding tert-OH is 1. The van der Waals surface area contributed by atoms with Crippen LogP contribution in [0.15, 0.2) is 12.2 Å². The van der Waals surface area contributed by atoms with E-state index in [4.69, 9.17) is 10.4 Å². The molecule has 0 saturated carbocycles. The molecule has 0 heterocycles. The van der Waals surface area contributed by atoms with Crippen LogP contribution in [0.3, 0.4) is 0 Å². The molecule has 0 bridgehead atoms. The van der Waals surface area contributed by atoms with Gasteiger partial charge in [0.25, 0.3) is 0 Å². The SMILES string of the molecule is CC(C)(/C=C/CO)OO. The zero-order chi connectivity index (χ0) is 7.33. The Morgan fingerprint density at radius 3 is 2.44 bits per heavy atom. The second kappa shape index (κ2) is 3.61. The highest BCUT2D eigenvalue weighted by Crippen LogP contribution is 2.07. The van der Waals surface area contributed by atoms with Gasteiger partial charge in [0.05, 0.1) is 6.61 Å². The van der Waals surface area contributed by atoms with Crippen LogP contribution in [0.2, 0.25) is 0 Å². The van der Waals surface area contributed by atoms with E-state index in [1.807, 2.05) is 0 Å². The van der Waals surface area contributed by atoms with Gasteiger partial charge in [-0.05, 0) is 13.8 Å². The predicted octanol–water partition coefficient (Wildman–Crippen LogP) is 0.803. The standard InChI is InChI=1S/C6H12O3/c1-6(2,9-8)4-3-5-7/h3-4,7-8H,5H2,1-2H3/b4-3+. The summed E-state index contributed by atoms with van der Waals surface area (Å²) in [5, 5.41) is 16.5. The molecule has 0 spiro atoms. The van der Waals surface area contributed by atoms with Crippen LogP contribution in [-0.2, 0) is 4.89 Å². The van der Waals surface area contributed by atoms with E-state index in [9.17, 15) is 0 Å². The van der Waals surface area contributed by atoms with Gasteiger partial charge in [-0.1, -0.05) is 12.2 Å². The molecule has 0 fully saturated rings. The number of hydrogen-bond acceptors (Lipinski definition) is 3. The monoisotopic (exact) mass is 132 g/mol. The Balaban J connectivity index is 3.70. The summed E-state index contributed by atoms with van der Waals surface area (Å²) >= 11 is 0. The molecule has 0 rings (SSSR count). The molecule has 0 radical (unpaired) electrons. The Morgan fingerprint density at radius 1 is 1.56 bits per heavy atom. The van der Waals surface area contributed by atoms with Crippen LogP contribution in [0.4, 0.5) is 0 Å². The van der Waals surface area contributed by atoms with Crippen LogP contribution in [0.5, 0.6) is 0 Å². The van der Waals surface area contributed by atoms with Gasteiger partial charge < -0.3 is 5.11 Å². The quantitative estimate of drug-likeness (QED) is 0.339. The lowest BCUT2D eigenvalue weighted by molar-refractivity contribution is -0.297. The van der Waals surface area contributed by atoms with Crippen molar-refractivity contribution in [2.24, 2.45) is 0 Å². The Morgan fingerprint density at radius 2 is 2.11 bits per heavy atom. The Kier molecular flexibility index (Phi) is 3.46. The summed E-state index contributed by atoms with van der Waals surface area (Å²) in [5.41, 5.74) is -0.692. The Labute approximate surface area is 54.5 Å². The molecule has 3 heteroatoms. The van der Waals surface area contributed by atoms with E-state index in [1.54, 1.807) is 19.9 Å². The van der Waals surface area contributed by atoms with Crippen molar-refractivity contribution >= 4 is 0 Å². The average Bonchev–Trinajstić information content (AvgIpc) is 1.84. The third-order valence-electron chi connectivity index (χ3n) is 0.860. The van der Waals surface area contributed by atoms with Crippen molar-refractivity contribution < 1.29 is 15.3 Å². The normalized spacial score (nSPS) is 12.9. The van der Waals surface area contributed by atoms with Gasteiger partial charge in [-0.3, -0.25) is 5.26 Å². The third kappa shape index (κ3) is 4.14. The molecule has 0 aliphatic heterocycles. The first-order valence-electron chi connectivity index (χ1n) is 2.73. The summed E-state index contributed by atoms with van der Waals surface area (Å²) in [7, 11) is 0. The van der Waals surface area contributed by atoms with Crippen LogP contribution in [0.1, 0.15) is 13.8 Å². The van der Waals surface area contributed by atoms with Crippen LogP contribution >= 0.6 is 0 Å². The average molecular weight is 132 g/mol. The highest BCUT2D eigenvalue weighted by atomic mass is 17.1. The van der Waals surface area contributed by atoms with Crippen molar-refractivity contribution in [3.63, 3.8) is 0 Å². The molecular formula is C6H12O3. The lowest BCUT2D eigenvalue weighted by Crippen LogP contribution is -2.18. The number of hydrogen-bond donors (Lipinski definition) is 2. The van der Waals surface area contributed by atoms with E-state index in [-0.39, 0.29) is 6.61 Å². The first-order valence-corrected chi connectivity index (χ1v) is 2.73. The minimum Gasteiger partial charge on any atom is -0.392 e. The van der Waals surface area contributed by atoms with Crippen molar-refractivity contribution in [2.75, 3.05) is 6.61 Å². The van der Waals surface area contributed by atoms with Crippen LogP contribution in [-0.4, -0.2) is 22.6 Å². The molecule has 2 N–H and O–H groups in total. The zero-order valence-corrected chi connectivity index (χ0v) is 5.66. The highest BCUT2D eigenvalue weighted by Gasteiger charge is 2.12. The first kappa shape index (κ1) is 8.62. The molecule has 0 aromatic rings. The maximum absolute atomic E-state index is 8.30. The van der Waals surface area contributed by atoms with Crippen LogP contribution < -0.4 is 0 Å². The van der Waals surface area contributed by atoms with Crippen molar-refractivity contribution in [1.82, 2.24) is 0 Å². The summed E-state index contributed by atoms with van der Waals surface area (Å²) in [6, 6.07) is 0. The van der Waals surface area contributed by atoms with E-state index < -0.39 is 5.60 Å². The molecule has 0 aliphatic carbocycles.